The Hall–Kier alpha value is -1.13. The number of ketones is 1. The van der Waals surface area contributed by atoms with Crippen LogP contribution in [0, 0.1) is 33.5 Å². The van der Waals surface area contributed by atoms with Gasteiger partial charge >= 0.3 is 0 Å². The Kier molecular flexibility index (Phi) is 8.72. The highest BCUT2D eigenvalue weighted by Crippen LogP contribution is 2.72. The summed E-state index contributed by atoms with van der Waals surface area (Å²) in [5.74, 6) is 0.722. The molecule has 4 aliphatic carbocycles. The van der Waals surface area contributed by atoms with E-state index in [0.717, 1.165) is 51.4 Å². The molecule has 5 aliphatic rings. The maximum atomic E-state index is 11.9. The second kappa shape index (κ2) is 11.3. The number of hydrogen-bond donors (Lipinski definition) is 5. The number of fused-ring (bicyclic) bond motifs is 5. The van der Waals surface area contributed by atoms with Crippen molar-refractivity contribution in [3.8, 4) is 0 Å². The highest BCUT2D eigenvalue weighted by molar-refractivity contribution is 5.84. The Morgan fingerprint density at radius 1 is 1.02 bits per heavy atom. The maximum Gasteiger partial charge on any atom is 0.186 e. The lowest BCUT2D eigenvalue weighted by molar-refractivity contribution is -0.329. The van der Waals surface area contributed by atoms with Gasteiger partial charge in [0.05, 0.1) is 12.7 Å². The van der Waals surface area contributed by atoms with Gasteiger partial charge in [0, 0.05) is 0 Å². The summed E-state index contributed by atoms with van der Waals surface area (Å²) in [4.78, 5) is 11.9. The zero-order chi connectivity index (χ0) is 31.8. The molecule has 0 aromatic carbocycles. The zero-order valence-corrected chi connectivity index (χ0v) is 27.3. The van der Waals surface area contributed by atoms with E-state index in [1.807, 2.05) is 0 Å². The van der Waals surface area contributed by atoms with Crippen molar-refractivity contribution in [3.05, 3.63) is 23.3 Å². The first-order valence-corrected chi connectivity index (χ1v) is 16.5. The minimum atomic E-state index is -1.44. The predicted octanol–water partition coefficient (Wildman–Crippen LogP) is 4.21. The molecule has 8 heteroatoms. The number of ether oxygens (including phenoxy) is 2. The lowest BCUT2D eigenvalue weighted by Crippen LogP contribution is -2.64. The van der Waals surface area contributed by atoms with Gasteiger partial charge in [0.15, 0.2) is 12.1 Å². The van der Waals surface area contributed by atoms with Gasteiger partial charge in [-0.1, -0.05) is 52.3 Å². The molecule has 3 fully saturated rings. The molecule has 5 N–H and O–H groups in total. The van der Waals surface area contributed by atoms with E-state index in [4.69, 9.17) is 9.47 Å². The molecule has 43 heavy (non-hydrogen) atoms. The second-order valence-electron chi connectivity index (χ2n) is 16.1. The van der Waals surface area contributed by atoms with Crippen molar-refractivity contribution >= 4 is 5.78 Å². The number of aliphatic hydroxyl groups excluding tert-OH is 4. The summed E-state index contributed by atoms with van der Waals surface area (Å²) in [5, 5.41) is 51.4. The van der Waals surface area contributed by atoms with Crippen molar-refractivity contribution in [1.82, 2.24) is 0 Å². The first kappa shape index (κ1) is 33.2. The smallest absolute Gasteiger partial charge is 0.186 e. The van der Waals surface area contributed by atoms with Gasteiger partial charge in [0.25, 0.3) is 0 Å². The van der Waals surface area contributed by atoms with Crippen molar-refractivity contribution in [1.29, 1.82) is 0 Å². The number of rotatable bonds is 7. The molecule has 244 valence electrons. The van der Waals surface area contributed by atoms with Crippen LogP contribution in [0.25, 0.3) is 0 Å². The van der Waals surface area contributed by atoms with Crippen LogP contribution < -0.4 is 0 Å². The van der Waals surface area contributed by atoms with Gasteiger partial charge in [-0.3, -0.25) is 4.79 Å². The van der Waals surface area contributed by atoms with Crippen LogP contribution in [0.3, 0.4) is 0 Å². The van der Waals surface area contributed by atoms with Crippen molar-refractivity contribution in [2.24, 2.45) is 33.5 Å². The normalized spacial score (nSPS) is 47.3. The topological polar surface area (TPSA) is 137 Å². The first-order chi connectivity index (χ1) is 19.9. The third-order valence-electron chi connectivity index (χ3n) is 13.6. The summed E-state index contributed by atoms with van der Waals surface area (Å²) in [5.41, 5.74) is 1.56. The standard InChI is InChI=1S/C35H56O8/c1-20(37)35(7,41)17-11-21-10-15-33(5)22(18-21)8-9-25-32(4)14-13-26(31(2,3)24(32)12-16-34(25,33)6)43-30-29(40)28(39)27(38)23(19-36)42-30/h8,18,23-30,36,38-41H,9-17,19H2,1-7H3/t23-,24?,25?,26+,27-,28+,29-,30+,32+,33-,34-,35+/m1/s1. The molecular weight excluding hydrogens is 548 g/mol. The Morgan fingerprint density at radius 3 is 2.37 bits per heavy atom. The molecule has 0 radical (unpaired) electrons. The average Bonchev–Trinajstić information content (AvgIpc) is 2.93. The monoisotopic (exact) mass is 604 g/mol. The molecular formula is C35H56O8. The summed E-state index contributed by atoms with van der Waals surface area (Å²) < 4.78 is 12.2. The number of aliphatic hydroxyl groups is 5. The minimum Gasteiger partial charge on any atom is -0.394 e. The van der Waals surface area contributed by atoms with Gasteiger partial charge in [-0.2, -0.15) is 0 Å². The number of hydrogen-bond acceptors (Lipinski definition) is 8. The molecule has 12 atom stereocenters. The number of allylic oxidation sites excluding steroid dienone is 4. The molecule has 1 aliphatic heterocycles. The first-order valence-electron chi connectivity index (χ1n) is 16.5. The van der Waals surface area contributed by atoms with Crippen LogP contribution >= 0.6 is 0 Å². The molecule has 8 nitrogen and oxygen atoms in total. The lowest BCUT2D eigenvalue weighted by atomic mass is 9.36. The van der Waals surface area contributed by atoms with Gasteiger partial charge in [-0.25, -0.2) is 0 Å². The van der Waals surface area contributed by atoms with E-state index in [2.05, 4.69) is 46.8 Å². The van der Waals surface area contributed by atoms with Crippen LogP contribution in [0.5, 0.6) is 0 Å². The fourth-order valence-electron chi connectivity index (χ4n) is 10.2. The Balaban J connectivity index is 1.36. The van der Waals surface area contributed by atoms with E-state index < -0.39 is 42.9 Å². The largest absolute Gasteiger partial charge is 0.394 e. The average molecular weight is 605 g/mol. The number of carbonyl (C=O) groups excluding carboxylic acids is 1. The van der Waals surface area contributed by atoms with Crippen molar-refractivity contribution in [2.45, 2.75) is 149 Å². The van der Waals surface area contributed by atoms with Crippen LogP contribution in [0.1, 0.15) is 106 Å². The van der Waals surface area contributed by atoms with E-state index in [0.29, 0.717) is 18.3 Å². The highest BCUT2D eigenvalue weighted by Gasteiger charge is 2.66. The van der Waals surface area contributed by atoms with Crippen molar-refractivity contribution in [2.75, 3.05) is 6.61 Å². The van der Waals surface area contributed by atoms with Crippen LogP contribution in [0.4, 0.5) is 0 Å². The number of carbonyl (C=O) groups is 1. The Morgan fingerprint density at radius 2 is 1.72 bits per heavy atom. The third-order valence-corrected chi connectivity index (χ3v) is 13.6. The SMILES string of the molecule is CC(=O)[C@@](C)(O)CCC1=CC2=CCC3[C@@]4(C)CC[C@H](O[C@@H]5O[C@H](CO)[C@@H](O)[C@H](O)[C@H]5O)C(C)(C)C4CC[C@@]3(C)[C@]2(C)CC1. The molecule has 1 saturated heterocycles. The van der Waals surface area contributed by atoms with Gasteiger partial charge in [0.2, 0.25) is 0 Å². The minimum absolute atomic E-state index is 0.0598. The molecule has 0 aromatic rings. The molecule has 0 aromatic heterocycles. The van der Waals surface area contributed by atoms with Crippen LogP contribution in [0.15, 0.2) is 23.3 Å². The lowest BCUT2D eigenvalue weighted by Gasteiger charge is -2.69. The zero-order valence-electron chi connectivity index (χ0n) is 27.3. The molecule has 0 spiro atoms. The molecule has 0 amide bonds. The fourth-order valence-corrected chi connectivity index (χ4v) is 10.2. The molecule has 5 rings (SSSR count). The van der Waals surface area contributed by atoms with Gasteiger partial charge in [-0.05, 0) is 111 Å². The van der Waals surface area contributed by atoms with Crippen molar-refractivity contribution in [3.63, 3.8) is 0 Å². The molecule has 0 bridgehead atoms. The summed E-state index contributed by atoms with van der Waals surface area (Å²) >= 11 is 0. The van der Waals surface area contributed by atoms with Crippen LogP contribution in [-0.2, 0) is 14.3 Å². The Labute approximate surface area is 257 Å². The second-order valence-corrected chi connectivity index (χ2v) is 16.1. The van der Waals surface area contributed by atoms with E-state index in [9.17, 15) is 30.3 Å². The maximum absolute atomic E-state index is 11.9. The summed E-state index contributed by atoms with van der Waals surface area (Å²) in [6, 6.07) is 0. The summed E-state index contributed by atoms with van der Waals surface area (Å²) in [6.07, 6.45) is 6.60. The molecule has 1 heterocycles. The highest BCUT2D eigenvalue weighted by atomic mass is 16.7. The van der Waals surface area contributed by atoms with E-state index in [1.54, 1.807) is 6.92 Å². The van der Waals surface area contributed by atoms with Crippen LogP contribution in [0.2, 0.25) is 0 Å². The van der Waals surface area contributed by atoms with E-state index >= 15 is 0 Å². The van der Waals surface area contributed by atoms with Crippen molar-refractivity contribution < 1.29 is 39.8 Å². The number of Topliss-reactive ketones (excluding diaryl/α,β-unsaturated/α-hetero) is 1. The van der Waals surface area contributed by atoms with Gasteiger partial charge < -0.3 is 35.0 Å². The van der Waals surface area contributed by atoms with E-state index in [1.165, 1.54) is 18.1 Å². The predicted molar refractivity (Wildman–Crippen MR) is 163 cm³/mol. The van der Waals surface area contributed by atoms with Crippen LogP contribution in [-0.4, -0.2) is 80.3 Å². The summed E-state index contributed by atoms with van der Waals surface area (Å²) in [6.45, 7) is 14.6. The van der Waals surface area contributed by atoms with E-state index in [-0.39, 0.29) is 33.5 Å². The third kappa shape index (κ3) is 5.21. The fraction of sp³-hybridized carbons (Fsp3) is 0.857. The quantitative estimate of drug-likeness (QED) is 0.273. The summed E-state index contributed by atoms with van der Waals surface area (Å²) in [7, 11) is 0. The Bertz CT molecular complexity index is 1140. The van der Waals surface area contributed by atoms with Gasteiger partial charge in [-0.15, -0.1) is 0 Å². The van der Waals surface area contributed by atoms with Gasteiger partial charge in [0.1, 0.15) is 30.0 Å². The molecule has 2 unspecified atom stereocenters. The molecule has 2 saturated carbocycles.